The first-order chi connectivity index (χ1) is 8.42. The minimum atomic E-state index is 0.259. The van der Waals surface area contributed by atoms with Gasteiger partial charge in [-0.05, 0) is 77.2 Å². The van der Waals surface area contributed by atoms with E-state index in [2.05, 4.69) is 45.7 Å². The summed E-state index contributed by atoms with van der Waals surface area (Å²) in [5.41, 5.74) is 0.259. The van der Waals surface area contributed by atoms with E-state index >= 15 is 0 Å². The maximum Gasteiger partial charge on any atom is 0.00966 e. The molecule has 1 fully saturated rings. The Morgan fingerprint density at radius 3 is 2.56 bits per heavy atom. The minimum absolute atomic E-state index is 0.259. The predicted molar refractivity (Wildman–Crippen MR) is 81.8 cm³/mol. The van der Waals surface area contributed by atoms with Gasteiger partial charge >= 0.3 is 0 Å². The van der Waals surface area contributed by atoms with Gasteiger partial charge in [0.25, 0.3) is 0 Å². The van der Waals surface area contributed by atoms with Crippen LogP contribution in [-0.4, -0.2) is 12.1 Å². The van der Waals surface area contributed by atoms with Crippen molar-refractivity contribution in [2.75, 3.05) is 6.54 Å². The average molecular weight is 251 g/mol. The van der Waals surface area contributed by atoms with E-state index in [0.29, 0.717) is 0 Å². The second-order valence-electron chi connectivity index (χ2n) is 7.29. The molecule has 0 spiro atoms. The number of nitrogens with one attached hydrogen (secondary N) is 1. The van der Waals surface area contributed by atoms with Crippen molar-refractivity contribution in [3.05, 3.63) is 12.7 Å². The molecule has 1 aliphatic rings. The summed E-state index contributed by atoms with van der Waals surface area (Å²) in [5, 5.41) is 3.71. The molecular weight excluding hydrogens is 218 g/mol. The monoisotopic (exact) mass is 251 g/mol. The lowest BCUT2D eigenvalue weighted by Gasteiger charge is -2.37. The van der Waals surface area contributed by atoms with Crippen LogP contribution in [-0.2, 0) is 0 Å². The molecule has 0 aromatic heterocycles. The van der Waals surface area contributed by atoms with Gasteiger partial charge in [-0.15, -0.1) is 6.58 Å². The fourth-order valence-corrected chi connectivity index (χ4v) is 3.15. The van der Waals surface area contributed by atoms with E-state index in [1.165, 1.54) is 45.1 Å². The third-order valence-corrected chi connectivity index (χ3v) is 4.28. The Labute approximate surface area is 114 Å². The van der Waals surface area contributed by atoms with Gasteiger partial charge in [-0.2, -0.15) is 0 Å². The quantitative estimate of drug-likeness (QED) is 0.529. The third-order valence-electron chi connectivity index (χ3n) is 4.28. The number of hydrogen-bond acceptors (Lipinski definition) is 1. The molecule has 0 aromatic rings. The number of rotatable bonds is 6. The average Bonchev–Trinajstić information content (AvgIpc) is 2.27. The summed E-state index contributed by atoms with van der Waals surface area (Å²) in [6.07, 6.45) is 10.3. The highest BCUT2D eigenvalue weighted by atomic mass is 14.9. The van der Waals surface area contributed by atoms with E-state index < -0.39 is 0 Å². The summed E-state index contributed by atoms with van der Waals surface area (Å²) in [4.78, 5) is 0. The van der Waals surface area contributed by atoms with Gasteiger partial charge in [-0.3, -0.25) is 0 Å². The summed E-state index contributed by atoms with van der Waals surface area (Å²) in [5.74, 6) is 2.76. The zero-order valence-electron chi connectivity index (χ0n) is 13.0. The van der Waals surface area contributed by atoms with Crippen molar-refractivity contribution < 1.29 is 0 Å². The Morgan fingerprint density at radius 1 is 1.22 bits per heavy atom. The molecule has 18 heavy (non-hydrogen) atoms. The molecule has 3 unspecified atom stereocenters. The Hall–Kier alpha value is -0.300. The normalized spacial score (nSPS) is 29.2. The third kappa shape index (κ3) is 6.04. The first kappa shape index (κ1) is 15.8. The zero-order valence-corrected chi connectivity index (χ0v) is 13.0. The molecule has 1 aliphatic carbocycles. The topological polar surface area (TPSA) is 12.0 Å². The van der Waals surface area contributed by atoms with E-state index in [0.717, 1.165) is 17.8 Å². The molecule has 0 saturated heterocycles. The lowest BCUT2D eigenvalue weighted by atomic mass is 9.72. The van der Waals surface area contributed by atoms with Crippen LogP contribution in [0.2, 0.25) is 0 Å². The Morgan fingerprint density at radius 2 is 1.94 bits per heavy atom. The molecule has 0 aromatic carbocycles. The molecule has 1 heteroatoms. The van der Waals surface area contributed by atoms with Crippen LogP contribution in [0.15, 0.2) is 12.7 Å². The van der Waals surface area contributed by atoms with Gasteiger partial charge in [0.15, 0.2) is 0 Å². The summed E-state index contributed by atoms with van der Waals surface area (Å²) < 4.78 is 0. The Kier molecular flexibility index (Phi) is 6.42. The molecular formula is C17H33N. The van der Waals surface area contributed by atoms with Crippen LogP contribution in [0, 0.1) is 17.8 Å². The zero-order chi connectivity index (χ0) is 13.6. The summed E-state index contributed by atoms with van der Waals surface area (Å²) in [6.45, 7) is 14.3. The highest BCUT2D eigenvalue weighted by Crippen LogP contribution is 2.36. The van der Waals surface area contributed by atoms with E-state index in [1.54, 1.807) is 0 Å². The largest absolute Gasteiger partial charge is 0.312 e. The van der Waals surface area contributed by atoms with Crippen molar-refractivity contribution in [2.45, 2.75) is 71.8 Å². The van der Waals surface area contributed by atoms with E-state index in [1.807, 2.05) is 0 Å². The molecule has 1 rings (SSSR count). The minimum Gasteiger partial charge on any atom is -0.312 e. The molecule has 0 amide bonds. The smallest absolute Gasteiger partial charge is 0.00966 e. The van der Waals surface area contributed by atoms with Crippen molar-refractivity contribution in [1.29, 1.82) is 0 Å². The van der Waals surface area contributed by atoms with Crippen molar-refractivity contribution in [1.82, 2.24) is 5.32 Å². The Bertz CT molecular complexity index is 238. The molecule has 3 atom stereocenters. The van der Waals surface area contributed by atoms with Crippen molar-refractivity contribution in [3.63, 3.8) is 0 Å². The predicted octanol–water partition coefficient (Wildman–Crippen LogP) is 4.78. The summed E-state index contributed by atoms with van der Waals surface area (Å²) in [7, 11) is 0. The highest BCUT2D eigenvalue weighted by Gasteiger charge is 2.28. The van der Waals surface area contributed by atoms with E-state index in [4.69, 9.17) is 0 Å². The van der Waals surface area contributed by atoms with E-state index in [-0.39, 0.29) is 5.54 Å². The number of hydrogen-bond donors (Lipinski definition) is 1. The van der Waals surface area contributed by atoms with Crippen molar-refractivity contribution in [2.24, 2.45) is 17.8 Å². The molecule has 0 aliphatic heterocycles. The van der Waals surface area contributed by atoms with Gasteiger partial charge < -0.3 is 5.32 Å². The lowest BCUT2D eigenvalue weighted by Crippen LogP contribution is -2.42. The second-order valence-corrected chi connectivity index (χ2v) is 7.29. The van der Waals surface area contributed by atoms with Gasteiger partial charge in [-0.1, -0.05) is 19.4 Å². The van der Waals surface area contributed by atoms with Crippen LogP contribution in [0.1, 0.15) is 66.2 Å². The standard InChI is InChI=1S/C17H33N/c1-6-7-8-9-15-12-14(2)10-11-16(15)13-18-17(3,4)5/h6,14-16,18H,1,7-13H2,2-5H3. The van der Waals surface area contributed by atoms with Gasteiger partial charge in [0.1, 0.15) is 0 Å². The maximum absolute atomic E-state index is 3.83. The molecule has 0 radical (unpaired) electrons. The second kappa shape index (κ2) is 7.33. The maximum atomic E-state index is 3.83. The van der Waals surface area contributed by atoms with Crippen molar-refractivity contribution in [3.8, 4) is 0 Å². The number of allylic oxidation sites excluding steroid dienone is 1. The van der Waals surface area contributed by atoms with Crippen LogP contribution in [0.5, 0.6) is 0 Å². The lowest BCUT2D eigenvalue weighted by molar-refractivity contribution is 0.164. The fourth-order valence-electron chi connectivity index (χ4n) is 3.15. The molecule has 1 N–H and O–H groups in total. The Balaban J connectivity index is 2.42. The first-order valence-electron chi connectivity index (χ1n) is 7.78. The first-order valence-corrected chi connectivity index (χ1v) is 7.78. The van der Waals surface area contributed by atoms with E-state index in [9.17, 15) is 0 Å². The molecule has 106 valence electrons. The van der Waals surface area contributed by atoms with Crippen LogP contribution in [0.25, 0.3) is 0 Å². The van der Waals surface area contributed by atoms with Gasteiger partial charge in [0.05, 0.1) is 0 Å². The van der Waals surface area contributed by atoms with Gasteiger partial charge in [-0.25, -0.2) is 0 Å². The van der Waals surface area contributed by atoms with Gasteiger partial charge in [0, 0.05) is 5.54 Å². The molecule has 1 nitrogen and oxygen atoms in total. The van der Waals surface area contributed by atoms with Crippen molar-refractivity contribution >= 4 is 0 Å². The van der Waals surface area contributed by atoms with Crippen LogP contribution < -0.4 is 5.32 Å². The van der Waals surface area contributed by atoms with Crippen LogP contribution >= 0.6 is 0 Å². The van der Waals surface area contributed by atoms with Crippen LogP contribution in [0.4, 0.5) is 0 Å². The number of unbranched alkanes of at least 4 members (excludes halogenated alkanes) is 1. The fraction of sp³-hybridized carbons (Fsp3) is 0.882. The summed E-state index contributed by atoms with van der Waals surface area (Å²) in [6, 6.07) is 0. The molecule has 0 heterocycles. The van der Waals surface area contributed by atoms with Crippen LogP contribution in [0.3, 0.4) is 0 Å². The summed E-state index contributed by atoms with van der Waals surface area (Å²) >= 11 is 0. The SMILES string of the molecule is C=CCCCC1CC(C)CCC1CNC(C)(C)C. The molecule has 0 bridgehead atoms. The van der Waals surface area contributed by atoms with Gasteiger partial charge in [0.2, 0.25) is 0 Å². The highest BCUT2D eigenvalue weighted by molar-refractivity contribution is 4.83. The molecule has 1 saturated carbocycles.